The molecule has 4 amide bonds. The second-order valence-corrected chi connectivity index (χ2v) is 12.6. The van der Waals surface area contributed by atoms with E-state index >= 15 is 0 Å². The molecule has 4 aliphatic rings. The fourth-order valence-corrected chi connectivity index (χ4v) is 8.13. The molecule has 0 radical (unpaired) electrons. The summed E-state index contributed by atoms with van der Waals surface area (Å²) in [6.07, 6.45) is 2.15. The van der Waals surface area contributed by atoms with Crippen LogP contribution in [0.3, 0.4) is 0 Å². The Balaban J connectivity index is 1.34. The van der Waals surface area contributed by atoms with Gasteiger partial charge in [-0.25, -0.2) is 9.80 Å². The van der Waals surface area contributed by atoms with Crippen LogP contribution in [-0.4, -0.2) is 38.6 Å². The monoisotopic (exact) mass is 636 g/mol. The normalized spacial score (nSPS) is 26.6. The summed E-state index contributed by atoms with van der Waals surface area (Å²) in [4.78, 5) is 80.1. The van der Waals surface area contributed by atoms with Crippen molar-refractivity contribution < 1.29 is 34.1 Å². The number of carbonyl (C=O) groups is 4. The summed E-state index contributed by atoms with van der Waals surface area (Å²) in [6.45, 7) is 3.45. The van der Waals surface area contributed by atoms with Crippen molar-refractivity contribution in [2.75, 3.05) is 9.80 Å². The first-order valence-corrected chi connectivity index (χ1v) is 15.1. The molecule has 2 heterocycles. The summed E-state index contributed by atoms with van der Waals surface area (Å²) in [5.74, 6) is -6.75. The number of anilines is 2. The van der Waals surface area contributed by atoms with Crippen molar-refractivity contribution in [3.63, 3.8) is 0 Å². The first kappa shape index (κ1) is 30.0. The zero-order chi connectivity index (χ0) is 33.5. The number of rotatable bonds is 5. The minimum Gasteiger partial charge on any atom is -0.507 e. The van der Waals surface area contributed by atoms with Gasteiger partial charge in [0.1, 0.15) is 5.75 Å². The predicted octanol–water partition coefficient (Wildman–Crippen LogP) is 4.87. The number of hydrogen-bond donors (Lipinski definition) is 1. The number of carbonyl (C=O) groups excluding carboxylic acids is 4. The third kappa shape index (κ3) is 4.44. The van der Waals surface area contributed by atoms with Crippen LogP contribution in [0.1, 0.15) is 35.4 Å². The standard InChI is InChI=1S/C34H28N4O9/c1-16-11-18(12-17(2)30(16)39)27-23-9-10-24-28(33(42)35(31(24)40)19-5-3-7-21(13-19)37(44)45)25(23)15-26-29(27)34(43)36(32(26)41)20-6-4-8-22(14-20)38(46)47/h3-9,11-14,24-29,39H,10,15H2,1-2H3/t24-,25+,26+,27-,28-,29+/m0/s1. The first-order chi connectivity index (χ1) is 22.4. The van der Waals surface area contributed by atoms with Crippen LogP contribution in [0.15, 0.2) is 72.3 Å². The van der Waals surface area contributed by atoms with Gasteiger partial charge < -0.3 is 5.11 Å². The lowest BCUT2D eigenvalue weighted by atomic mass is 9.57. The van der Waals surface area contributed by atoms with Gasteiger partial charge in [0.15, 0.2) is 0 Å². The van der Waals surface area contributed by atoms with E-state index in [1.54, 1.807) is 26.0 Å². The van der Waals surface area contributed by atoms with Gasteiger partial charge in [-0.05, 0) is 61.4 Å². The van der Waals surface area contributed by atoms with Gasteiger partial charge in [-0.2, -0.15) is 0 Å². The Labute approximate surface area is 267 Å². The van der Waals surface area contributed by atoms with E-state index in [0.29, 0.717) is 16.7 Å². The molecule has 2 aliphatic carbocycles. The largest absolute Gasteiger partial charge is 0.507 e. The molecule has 0 aromatic heterocycles. The van der Waals surface area contributed by atoms with Crippen LogP contribution in [-0.2, 0) is 19.2 Å². The van der Waals surface area contributed by atoms with E-state index in [4.69, 9.17) is 0 Å². The summed E-state index contributed by atoms with van der Waals surface area (Å²) >= 11 is 0. The van der Waals surface area contributed by atoms with Crippen molar-refractivity contribution in [2.24, 2.45) is 29.6 Å². The van der Waals surface area contributed by atoms with Crippen LogP contribution in [0, 0.1) is 63.7 Å². The van der Waals surface area contributed by atoms with Crippen molar-refractivity contribution in [2.45, 2.75) is 32.6 Å². The number of non-ortho nitro benzene ring substituents is 2. The Morgan fingerprint density at radius 1 is 0.702 bits per heavy atom. The lowest BCUT2D eigenvalue weighted by Gasteiger charge is -2.44. The van der Waals surface area contributed by atoms with Crippen molar-refractivity contribution in [1.29, 1.82) is 0 Å². The van der Waals surface area contributed by atoms with Gasteiger partial charge in [0.25, 0.3) is 11.4 Å². The van der Waals surface area contributed by atoms with Gasteiger partial charge in [-0.3, -0.25) is 39.4 Å². The molecule has 3 aromatic carbocycles. The number of amides is 4. The summed E-state index contributed by atoms with van der Waals surface area (Å²) in [7, 11) is 0. The highest BCUT2D eigenvalue weighted by molar-refractivity contribution is 6.24. The number of hydrogen-bond acceptors (Lipinski definition) is 9. The maximum absolute atomic E-state index is 14.3. The van der Waals surface area contributed by atoms with Crippen LogP contribution in [0.2, 0.25) is 0 Å². The quantitative estimate of drug-likeness (QED) is 0.177. The zero-order valence-electron chi connectivity index (χ0n) is 25.2. The average Bonchev–Trinajstić information content (AvgIpc) is 3.45. The lowest BCUT2D eigenvalue weighted by Crippen LogP contribution is -2.43. The SMILES string of the molecule is Cc1cc([C@H]2C3=CC[C@@H]4C(=O)N(c5cccc([N+](=O)[O-])c5)C(=O)[C@@H]4[C@@H]3C[C@H]3C(=O)N(c4cccc([N+](=O)[O-])c4)C(=O)[C@@H]23)cc(C)c1O. The Morgan fingerprint density at radius 3 is 1.74 bits per heavy atom. The molecular formula is C34H28N4O9. The number of phenols is 1. The lowest BCUT2D eigenvalue weighted by molar-refractivity contribution is -0.385. The number of phenolic OH excluding ortho intramolecular Hbond substituents is 1. The third-order valence-corrected chi connectivity index (χ3v) is 10.1. The number of aryl methyl sites for hydroxylation is 2. The molecule has 13 heteroatoms. The van der Waals surface area contributed by atoms with Crippen LogP contribution in [0.5, 0.6) is 5.75 Å². The van der Waals surface area contributed by atoms with Crippen LogP contribution in [0.25, 0.3) is 0 Å². The zero-order valence-corrected chi connectivity index (χ0v) is 25.2. The topological polar surface area (TPSA) is 181 Å². The number of nitro benzene ring substituents is 2. The van der Waals surface area contributed by atoms with E-state index in [2.05, 4.69) is 0 Å². The maximum atomic E-state index is 14.3. The Kier molecular flexibility index (Phi) is 6.81. The van der Waals surface area contributed by atoms with Gasteiger partial charge in [0.05, 0.1) is 44.9 Å². The van der Waals surface area contributed by atoms with E-state index in [1.165, 1.54) is 48.5 Å². The predicted molar refractivity (Wildman–Crippen MR) is 166 cm³/mol. The molecule has 2 aliphatic heterocycles. The van der Waals surface area contributed by atoms with Crippen LogP contribution < -0.4 is 9.80 Å². The highest BCUT2D eigenvalue weighted by atomic mass is 16.6. The number of aromatic hydroxyl groups is 1. The van der Waals surface area contributed by atoms with Gasteiger partial charge in [0, 0.05) is 30.2 Å². The molecule has 47 heavy (non-hydrogen) atoms. The molecule has 3 fully saturated rings. The number of fused-ring (bicyclic) bond motifs is 4. The number of nitrogens with zero attached hydrogens (tertiary/aromatic N) is 4. The molecule has 238 valence electrons. The second-order valence-electron chi connectivity index (χ2n) is 12.6. The Bertz CT molecular complexity index is 1960. The molecule has 0 spiro atoms. The Morgan fingerprint density at radius 2 is 1.21 bits per heavy atom. The van der Waals surface area contributed by atoms with Gasteiger partial charge in [-0.1, -0.05) is 35.9 Å². The summed E-state index contributed by atoms with van der Waals surface area (Å²) in [5, 5.41) is 33.5. The van der Waals surface area contributed by atoms with Gasteiger partial charge in [-0.15, -0.1) is 0 Å². The van der Waals surface area contributed by atoms with Crippen molar-refractivity contribution in [3.05, 3.63) is 109 Å². The Hall–Kier alpha value is -5.72. The number of nitro groups is 2. The third-order valence-electron chi connectivity index (χ3n) is 10.1. The molecule has 2 saturated heterocycles. The summed E-state index contributed by atoms with van der Waals surface area (Å²) < 4.78 is 0. The van der Waals surface area contributed by atoms with Crippen molar-refractivity contribution in [3.8, 4) is 5.75 Å². The van der Waals surface area contributed by atoms with E-state index in [-0.39, 0.29) is 41.3 Å². The van der Waals surface area contributed by atoms with Crippen molar-refractivity contribution >= 4 is 46.4 Å². The molecule has 1 N–H and O–H groups in total. The molecule has 0 unspecified atom stereocenters. The van der Waals surface area contributed by atoms with Crippen molar-refractivity contribution in [1.82, 2.24) is 0 Å². The molecule has 13 nitrogen and oxygen atoms in total. The molecule has 6 atom stereocenters. The molecule has 0 bridgehead atoms. The highest BCUT2D eigenvalue weighted by Crippen LogP contribution is 2.59. The molecular weight excluding hydrogens is 608 g/mol. The minimum atomic E-state index is -0.906. The smallest absolute Gasteiger partial charge is 0.271 e. The van der Waals surface area contributed by atoms with Crippen LogP contribution >= 0.6 is 0 Å². The van der Waals surface area contributed by atoms with Gasteiger partial charge in [0.2, 0.25) is 23.6 Å². The maximum Gasteiger partial charge on any atom is 0.271 e. The van der Waals surface area contributed by atoms with E-state index in [0.717, 1.165) is 15.4 Å². The minimum absolute atomic E-state index is 0.0687. The molecule has 7 rings (SSSR count). The first-order valence-electron chi connectivity index (χ1n) is 15.1. The number of benzene rings is 3. The van der Waals surface area contributed by atoms with E-state index in [1.807, 2.05) is 6.08 Å². The van der Waals surface area contributed by atoms with Crippen LogP contribution in [0.4, 0.5) is 22.7 Å². The second kappa shape index (κ2) is 10.7. The fraction of sp³-hybridized carbons (Fsp3) is 0.294. The molecule has 3 aromatic rings. The average molecular weight is 637 g/mol. The highest BCUT2D eigenvalue weighted by Gasteiger charge is 2.62. The summed E-state index contributed by atoms with van der Waals surface area (Å²) in [6, 6.07) is 14.1. The summed E-state index contributed by atoms with van der Waals surface area (Å²) in [5.41, 5.74) is 2.12. The van der Waals surface area contributed by atoms with Gasteiger partial charge >= 0.3 is 0 Å². The fourth-order valence-electron chi connectivity index (χ4n) is 8.13. The molecule has 1 saturated carbocycles. The van der Waals surface area contributed by atoms with E-state index < -0.39 is 69.0 Å². The van der Waals surface area contributed by atoms with E-state index in [9.17, 15) is 44.5 Å². The number of allylic oxidation sites excluding steroid dienone is 2. The number of imide groups is 2.